The second-order valence-corrected chi connectivity index (χ2v) is 9.23. The molecule has 1 aromatic carbocycles. The van der Waals surface area contributed by atoms with Crippen molar-refractivity contribution >= 4 is 15.9 Å². The minimum absolute atomic E-state index is 0.0216. The van der Waals surface area contributed by atoms with E-state index in [-0.39, 0.29) is 42.7 Å². The number of halogens is 2. The number of benzene rings is 1. The summed E-state index contributed by atoms with van der Waals surface area (Å²) in [6.07, 6.45) is 0. The Kier molecular flexibility index (Phi) is 5.77. The molecule has 10 heteroatoms. The zero-order valence-electron chi connectivity index (χ0n) is 16.8. The van der Waals surface area contributed by atoms with Gasteiger partial charge in [-0.3, -0.25) is 9.48 Å². The molecule has 7 nitrogen and oxygen atoms in total. The fraction of sp³-hybridized carbons (Fsp3) is 0.474. The normalized spacial score (nSPS) is 15.9. The number of hydrogen-bond acceptors (Lipinski definition) is 4. The van der Waals surface area contributed by atoms with Gasteiger partial charge in [0.05, 0.1) is 17.0 Å². The van der Waals surface area contributed by atoms with Crippen LogP contribution in [-0.2, 0) is 10.0 Å². The van der Waals surface area contributed by atoms with E-state index in [9.17, 15) is 22.0 Å². The summed E-state index contributed by atoms with van der Waals surface area (Å²) >= 11 is 0. The van der Waals surface area contributed by atoms with E-state index in [2.05, 4.69) is 5.10 Å². The molecule has 158 valence electrons. The zero-order chi connectivity index (χ0) is 21.5. The van der Waals surface area contributed by atoms with Gasteiger partial charge in [0, 0.05) is 32.2 Å². The number of carbonyl (C=O) groups is 1. The summed E-state index contributed by atoms with van der Waals surface area (Å²) in [6.45, 7) is 7.53. The molecule has 3 rings (SSSR count). The van der Waals surface area contributed by atoms with E-state index >= 15 is 0 Å². The van der Waals surface area contributed by atoms with Gasteiger partial charge in [0.1, 0.15) is 16.5 Å². The van der Waals surface area contributed by atoms with Crippen molar-refractivity contribution < 1.29 is 22.0 Å². The molecule has 1 saturated heterocycles. The number of aryl methyl sites for hydroxylation is 1. The fourth-order valence-electron chi connectivity index (χ4n) is 3.62. The van der Waals surface area contributed by atoms with E-state index in [1.165, 1.54) is 9.21 Å². The summed E-state index contributed by atoms with van der Waals surface area (Å²) in [7, 11) is -3.79. The van der Waals surface area contributed by atoms with Gasteiger partial charge in [0.2, 0.25) is 10.0 Å². The Morgan fingerprint density at radius 2 is 1.72 bits per heavy atom. The highest BCUT2D eigenvalue weighted by molar-refractivity contribution is 7.89. The highest BCUT2D eigenvalue weighted by atomic mass is 32.2. The molecule has 0 radical (unpaired) electrons. The topological polar surface area (TPSA) is 75.5 Å². The van der Waals surface area contributed by atoms with Gasteiger partial charge in [-0.05, 0) is 45.9 Å². The Morgan fingerprint density at radius 1 is 1.10 bits per heavy atom. The van der Waals surface area contributed by atoms with Crippen molar-refractivity contribution in [3.63, 3.8) is 0 Å². The average molecular weight is 426 g/mol. The van der Waals surface area contributed by atoms with E-state index in [0.717, 1.165) is 18.2 Å². The van der Waals surface area contributed by atoms with Crippen LogP contribution in [0, 0.1) is 25.5 Å². The van der Waals surface area contributed by atoms with Crippen molar-refractivity contribution in [2.75, 3.05) is 26.2 Å². The first-order valence-electron chi connectivity index (χ1n) is 9.34. The second-order valence-electron chi connectivity index (χ2n) is 7.36. The molecule has 1 aromatic heterocycles. The maximum absolute atomic E-state index is 13.9. The SMILES string of the molecule is Cc1nn(C(C)C)c(C)c1S(=O)(=O)N1CCN(C(=O)c2cc(F)ccc2F)CC1. The molecule has 1 aliphatic rings. The summed E-state index contributed by atoms with van der Waals surface area (Å²) in [5, 5.41) is 4.34. The minimum Gasteiger partial charge on any atom is -0.336 e. The number of rotatable bonds is 4. The van der Waals surface area contributed by atoms with Crippen LogP contribution in [0.5, 0.6) is 0 Å². The third kappa shape index (κ3) is 3.91. The molecule has 0 unspecified atom stereocenters. The van der Waals surface area contributed by atoms with Crippen LogP contribution in [0.15, 0.2) is 23.1 Å². The maximum Gasteiger partial charge on any atom is 0.257 e. The number of hydrogen-bond donors (Lipinski definition) is 0. The summed E-state index contributed by atoms with van der Waals surface area (Å²) in [4.78, 5) is 14.0. The number of sulfonamides is 1. The van der Waals surface area contributed by atoms with Crippen LogP contribution in [0.1, 0.15) is 41.6 Å². The molecule has 0 spiro atoms. The second kappa shape index (κ2) is 7.83. The van der Waals surface area contributed by atoms with Gasteiger partial charge in [-0.1, -0.05) is 0 Å². The van der Waals surface area contributed by atoms with Crippen LogP contribution in [-0.4, -0.2) is 59.5 Å². The van der Waals surface area contributed by atoms with E-state index in [1.54, 1.807) is 18.5 Å². The fourth-order valence-corrected chi connectivity index (χ4v) is 5.40. The van der Waals surface area contributed by atoms with Crippen LogP contribution in [0.3, 0.4) is 0 Å². The first kappa shape index (κ1) is 21.4. The van der Waals surface area contributed by atoms with Crippen LogP contribution >= 0.6 is 0 Å². The molecule has 0 saturated carbocycles. The Balaban J connectivity index is 1.78. The monoisotopic (exact) mass is 426 g/mol. The Labute approximate surface area is 169 Å². The molecule has 2 aromatic rings. The number of piperazine rings is 1. The summed E-state index contributed by atoms with van der Waals surface area (Å²) < 4.78 is 56.6. The van der Waals surface area contributed by atoms with Crippen LogP contribution in [0.2, 0.25) is 0 Å². The lowest BCUT2D eigenvalue weighted by Crippen LogP contribution is -2.50. The molecule has 0 bridgehead atoms. The summed E-state index contributed by atoms with van der Waals surface area (Å²) in [6, 6.07) is 2.72. The van der Waals surface area contributed by atoms with E-state index in [4.69, 9.17) is 0 Å². The third-order valence-corrected chi connectivity index (χ3v) is 7.18. The van der Waals surface area contributed by atoms with Gasteiger partial charge in [-0.15, -0.1) is 0 Å². The lowest BCUT2D eigenvalue weighted by molar-refractivity contribution is 0.0692. The Bertz CT molecular complexity index is 1040. The Hall–Kier alpha value is -2.33. The molecular formula is C19H24F2N4O3S. The Morgan fingerprint density at radius 3 is 2.28 bits per heavy atom. The smallest absolute Gasteiger partial charge is 0.257 e. The van der Waals surface area contributed by atoms with Crippen LogP contribution in [0.25, 0.3) is 0 Å². The van der Waals surface area contributed by atoms with Gasteiger partial charge in [-0.2, -0.15) is 9.40 Å². The minimum atomic E-state index is -3.79. The number of carbonyl (C=O) groups excluding carboxylic acids is 1. The average Bonchev–Trinajstić information content (AvgIpc) is 2.98. The number of aromatic nitrogens is 2. The predicted octanol–water partition coefficient (Wildman–Crippen LogP) is 2.51. The van der Waals surface area contributed by atoms with Crippen molar-refractivity contribution in [2.24, 2.45) is 0 Å². The van der Waals surface area contributed by atoms with Gasteiger partial charge in [0.15, 0.2) is 0 Å². The third-order valence-electron chi connectivity index (χ3n) is 5.03. The van der Waals surface area contributed by atoms with Gasteiger partial charge in [0.25, 0.3) is 5.91 Å². The first-order chi connectivity index (χ1) is 13.5. The van der Waals surface area contributed by atoms with Crippen molar-refractivity contribution in [3.8, 4) is 0 Å². The van der Waals surface area contributed by atoms with Crippen molar-refractivity contribution in [2.45, 2.75) is 38.6 Å². The highest BCUT2D eigenvalue weighted by Crippen LogP contribution is 2.26. The predicted molar refractivity (Wildman–Crippen MR) is 103 cm³/mol. The zero-order valence-corrected chi connectivity index (χ0v) is 17.6. The lowest BCUT2D eigenvalue weighted by atomic mass is 10.1. The van der Waals surface area contributed by atoms with Crippen molar-refractivity contribution in [3.05, 3.63) is 46.8 Å². The summed E-state index contributed by atoms with van der Waals surface area (Å²) in [5.41, 5.74) is 0.639. The van der Waals surface area contributed by atoms with Gasteiger partial charge in [-0.25, -0.2) is 17.2 Å². The molecule has 2 heterocycles. The molecule has 0 N–H and O–H groups in total. The standard InChI is InChI=1S/C19H24F2N4O3S/c1-12(2)25-14(4)18(13(3)22-25)29(27,28)24-9-7-23(8-10-24)19(26)16-11-15(20)5-6-17(16)21/h5-6,11-12H,7-10H2,1-4H3. The number of nitrogens with zero attached hydrogens (tertiary/aromatic N) is 4. The van der Waals surface area contributed by atoms with E-state index in [1.807, 2.05) is 13.8 Å². The number of amides is 1. The molecule has 29 heavy (non-hydrogen) atoms. The molecule has 0 aliphatic carbocycles. The summed E-state index contributed by atoms with van der Waals surface area (Å²) in [5.74, 6) is -2.16. The largest absolute Gasteiger partial charge is 0.336 e. The molecule has 1 aliphatic heterocycles. The molecular weight excluding hydrogens is 402 g/mol. The van der Waals surface area contributed by atoms with Crippen LogP contribution < -0.4 is 0 Å². The van der Waals surface area contributed by atoms with Crippen molar-refractivity contribution in [1.29, 1.82) is 0 Å². The van der Waals surface area contributed by atoms with Crippen molar-refractivity contribution in [1.82, 2.24) is 19.0 Å². The quantitative estimate of drug-likeness (QED) is 0.753. The molecule has 0 atom stereocenters. The highest BCUT2D eigenvalue weighted by Gasteiger charge is 2.35. The van der Waals surface area contributed by atoms with Gasteiger partial charge >= 0.3 is 0 Å². The van der Waals surface area contributed by atoms with Crippen LogP contribution in [0.4, 0.5) is 8.78 Å². The van der Waals surface area contributed by atoms with Gasteiger partial charge < -0.3 is 4.90 Å². The first-order valence-corrected chi connectivity index (χ1v) is 10.8. The molecule has 1 amide bonds. The maximum atomic E-state index is 13.9. The lowest BCUT2D eigenvalue weighted by Gasteiger charge is -2.34. The van der Waals surface area contributed by atoms with E-state index in [0.29, 0.717) is 11.4 Å². The van der Waals surface area contributed by atoms with E-state index < -0.39 is 27.6 Å². The molecule has 1 fully saturated rings.